The minimum Gasteiger partial charge on any atom is -0.390 e. The van der Waals surface area contributed by atoms with Crippen molar-refractivity contribution in [3.05, 3.63) is 59.8 Å². The lowest BCUT2D eigenvalue weighted by atomic mass is 10.1. The minimum atomic E-state index is -0.266. The first-order valence-electron chi connectivity index (χ1n) is 10.8. The molecule has 0 spiro atoms. The summed E-state index contributed by atoms with van der Waals surface area (Å²) in [6.07, 6.45) is 6.92. The van der Waals surface area contributed by atoms with E-state index < -0.39 is 0 Å². The molecule has 0 amide bonds. The normalized spacial score (nSPS) is 13.8. The van der Waals surface area contributed by atoms with Gasteiger partial charge in [-0.1, -0.05) is 11.6 Å². The van der Waals surface area contributed by atoms with Gasteiger partial charge in [0.05, 0.1) is 36.9 Å². The number of rotatable bonds is 6. The van der Waals surface area contributed by atoms with Crippen LogP contribution in [-0.2, 0) is 18.4 Å². The molecule has 0 bridgehead atoms. The first-order chi connectivity index (χ1) is 16.6. The second-order valence-corrected chi connectivity index (χ2v) is 8.12. The van der Waals surface area contributed by atoms with Crippen molar-refractivity contribution < 1.29 is 9.84 Å². The number of morpholine rings is 1. The first kappa shape index (κ1) is 22.2. The lowest BCUT2D eigenvalue weighted by Crippen LogP contribution is -2.37. The number of aliphatic hydroxyl groups excluding tert-OH is 1. The SMILES string of the molecule is Cn1ccc(-c2cnc(CO)c(-c3nc(N4CCOCC4)nc(Nc4ccncc4)c3Cl)c2)n1. The van der Waals surface area contributed by atoms with Crippen molar-refractivity contribution in [3.63, 3.8) is 0 Å². The Labute approximate surface area is 201 Å². The van der Waals surface area contributed by atoms with Gasteiger partial charge in [0.1, 0.15) is 5.02 Å². The van der Waals surface area contributed by atoms with Crippen molar-refractivity contribution in [2.45, 2.75) is 6.61 Å². The van der Waals surface area contributed by atoms with Crippen LogP contribution in [0.4, 0.5) is 17.5 Å². The maximum absolute atomic E-state index is 10.0. The monoisotopic (exact) mass is 478 g/mol. The molecule has 1 fully saturated rings. The number of ether oxygens (including phenoxy) is 1. The third-order valence-electron chi connectivity index (χ3n) is 5.46. The highest BCUT2D eigenvalue weighted by molar-refractivity contribution is 6.35. The van der Waals surface area contributed by atoms with Crippen molar-refractivity contribution in [2.24, 2.45) is 7.05 Å². The van der Waals surface area contributed by atoms with Crippen LogP contribution < -0.4 is 10.2 Å². The van der Waals surface area contributed by atoms with Crippen molar-refractivity contribution in [3.8, 4) is 22.5 Å². The maximum atomic E-state index is 10.0. The fourth-order valence-corrected chi connectivity index (χ4v) is 3.94. The van der Waals surface area contributed by atoms with Crippen LogP contribution in [0.5, 0.6) is 0 Å². The number of nitrogens with zero attached hydrogens (tertiary/aromatic N) is 7. The van der Waals surface area contributed by atoms with E-state index in [4.69, 9.17) is 26.3 Å². The van der Waals surface area contributed by atoms with Gasteiger partial charge in [0.15, 0.2) is 5.82 Å². The Kier molecular flexibility index (Phi) is 6.35. The smallest absolute Gasteiger partial charge is 0.228 e. The molecular formula is C23H23ClN8O2. The van der Waals surface area contributed by atoms with Gasteiger partial charge in [0.25, 0.3) is 0 Å². The Balaban J connectivity index is 1.65. The van der Waals surface area contributed by atoms with Crippen LogP contribution in [0.25, 0.3) is 22.5 Å². The summed E-state index contributed by atoms with van der Waals surface area (Å²) in [4.78, 5) is 20.1. The van der Waals surface area contributed by atoms with Crippen LogP contribution >= 0.6 is 11.6 Å². The zero-order chi connectivity index (χ0) is 23.5. The Morgan fingerprint density at radius 2 is 1.94 bits per heavy atom. The highest BCUT2D eigenvalue weighted by atomic mass is 35.5. The fourth-order valence-electron chi connectivity index (χ4n) is 3.71. The molecule has 1 saturated heterocycles. The van der Waals surface area contributed by atoms with Gasteiger partial charge in [-0.2, -0.15) is 10.1 Å². The number of aromatic nitrogens is 6. The quantitative estimate of drug-likeness (QED) is 0.431. The molecule has 0 saturated carbocycles. The Hall–Kier alpha value is -3.60. The van der Waals surface area contributed by atoms with Gasteiger partial charge in [-0.15, -0.1) is 0 Å². The van der Waals surface area contributed by atoms with Crippen molar-refractivity contribution >= 4 is 29.1 Å². The molecule has 174 valence electrons. The molecule has 10 nitrogen and oxygen atoms in total. The molecule has 0 radical (unpaired) electrons. The zero-order valence-electron chi connectivity index (χ0n) is 18.5. The Bertz CT molecular complexity index is 1290. The summed E-state index contributed by atoms with van der Waals surface area (Å²) < 4.78 is 7.21. The summed E-state index contributed by atoms with van der Waals surface area (Å²) in [5.74, 6) is 0.970. The average molecular weight is 479 g/mol. The molecule has 0 atom stereocenters. The standard InChI is InChI=1S/C23H23ClN8O2/c1-31-7-4-18(30-31)15-12-17(19(14-33)26-13-15)21-20(24)22(27-16-2-5-25-6-3-16)29-23(28-21)32-8-10-34-11-9-32/h2-7,12-13,33H,8-11,14H2,1H3,(H,25,27,28,29). The van der Waals surface area contributed by atoms with E-state index in [0.717, 1.165) is 16.9 Å². The molecular weight excluding hydrogens is 456 g/mol. The van der Waals surface area contributed by atoms with Crippen molar-refractivity contribution in [1.82, 2.24) is 29.7 Å². The molecule has 2 N–H and O–H groups in total. The highest BCUT2D eigenvalue weighted by Gasteiger charge is 2.22. The number of anilines is 3. The number of pyridine rings is 2. The number of halogens is 1. The number of hydrogen-bond acceptors (Lipinski definition) is 9. The molecule has 4 aromatic rings. The number of nitrogens with one attached hydrogen (secondary N) is 1. The van der Waals surface area contributed by atoms with Crippen LogP contribution in [-0.4, -0.2) is 61.1 Å². The molecule has 1 aliphatic heterocycles. The van der Waals surface area contributed by atoms with Crippen LogP contribution in [0.15, 0.2) is 49.1 Å². The van der Waals surface area contributed by atoms with E-state index in [0.29, 0.717) is 60.0 Å². The van der Waals surface area contributed by atoms with Gasteiger partial charge in [-0.25, -0.2) is 4.98 Å². The van der Waals surface area contributed by atoms with Gasteiger partial charge < -0.3 is 20.1 Å². The van der Waals surface area contributed by atoms with Gasteiger partial charge in [-0.05, 0) is 24.3 Å². The van der Waals surface area contributed by atoms with E-state index in [1.165, 1.54) is 0 Å². The molecule has 0 aliphatic carbocycles. The predicted molar refractivity (Wildman–Crippen MR) is 129 cm³/mol. The van der Waals surface area contributed by atoms with Gasteiger partial charge in [0.2, 0.25) is 5.95 Å². The van der Waals surface area contributed by atoms with Gasteiger partial charge >= 0.3 is 0 Å². The zero-order valence-corrected chi connectivity index (χ0v) is 19.3. The van der Waals surface area contributed by atoms with Crippen LogP contribution in [0.1, 0.15) is 5.69 Å². The van der Waals surface area contributed by atoms with Gasteiger partial charge in [-0.3, -0.25) is 14.6 Å². The van der Waals surface area contributed by atoms with E-state index >= 15 is 0 Å². The van der Waals surface area contributed by atoms with Crippen LogP contribution in [0, 0.1) is 0 Å². The summed E-state index contributed by atoms with van der Waals surface area (Å²) in [6, 6.07) is 7.45. The predicted octanol–water partition coefficient (Wildman–Crippen LogP) is 3.06. The Morgan fingerprint density at radius 3 is 2.65 bits per heavy atom. The minimum absolute atomic E-state index is 0.266. The second kappa shape index (κ2) is 9.72. The lowest BCUT2D eigenvalue weighted by molar-refractivity contribution is 0.122. The van der Waals surface area contributed by atoms with Crippen LogP contribution in [0.3, 0.4) is 0 Å². The molecule has 4 aromatic heterocycles. The third kappa shape index (κ3) is 4.56. The largest absolute Gasteiger partial charge is 0.390 e. The third-order valence-corrected chi connectivity index (χ3v) is 5.82. The molecule has 5 heterocycles. The lowest BCUT2D eigenvalue weighted by Gasteiger charge is -2.28. The number of aryl methyl sites for hydroxylation is 1. The molecule has 0 unspecified atom stereocenters. The van der Waals surface area contributed by atoms with Crippen molar-refractivity contribution in [2.75, 3.05) is 36.5 Å². The van der Waals surface area contributed by atoms with Gasteiger partial charge in [0, 0.05) is 61.7 Å². The van der Waals surface area contributed by atoms with E-state index in [1.54, 1.807) is 23.3 Å². The number of hydrogen-bond donors (Lipinski definition) is 2. The summed E-state index contributed by atoms with van der Waals surface area (Å²) in [6.45, 7) is 2.24. The number of aliphatic hydroxyl groups is 1. The summed E-state index contributed by atoms with van der Waals surface area (Å²) >= 11 is 6.86. The molecule has 1 aliphatic rings. The molecule has 34 heavy (non-hydrogen) atoms. The van der Waals surface area contributed by atoms with E-state index in [1.807, 2.05) is 37.5 Å². The molecule has 11 heteroatoms. The Morgan fingerprint density at radius 1 is 1.15 bits per heavy atom. The van der Waals surface area contributed by atoms with Crippen molar-refractivity contribution in [1.29, 1.82) is 0 Å². The summed E-state index contributed by atoms with van der Waals surface area (Å²) in [7, 11) is 1.85. The average Bonchev–Trinajstić information content (AvgIpc) is 3.32. The molecule has 5 rings (SSSR count). The summed E-state index contributed by atoms with van der Waals surface area (Å²) in [5.41, 5.74) is 3.89. The molecule has 0 aromatic carbocycles. The maximum Gasteiger partial charge on any atom is 0.228 e. The highest BCUT2D eigenvalue weighted by Crippen LogP contribution is 2.37. The van der Waals surface area contributed by atoms with E-state index in [9.17, 15) is 5.11 Å². The van der Waals surface area contributed by atoms with E-state index in [2.05, 4.69) is 25.3 Å². The summed E-state index contributed by atoms with van der Waals surface area (Å²) in [5, 5.41) is 18.1. The van der Waals surface area contributed by atoms with E-state index in [-0.39, 0.29) is 6.61 Å². The topological polar surface area (TPSA) is 114 Å². The first-order valence-corrected chi connectivity index (χ1v) is 11.2. The second-order valence-electron chi connectivity index (χ2n) is 7.75. The fraction of sp³-hybridized carbons (Fsp3) is 0.261. The van der Waals surface area contributed by atoms with Crippen LogP contribution in [0.2, 0.25) is 5.02 Å².